The first-order valence-electron chi connectivity index (χ1n) is 9.17. The summed E-state index contributed by atoms with van der Waals surface area (Å²) >= 11 is 0. The van der Waals surface area contributed by atoms with Gasteiger partial charge in [0.15, 0.2) is 11.5 Å². The molecule has 28 heavy (non-hydrogen) atoms. The Morgan fingerprint density at radius 1 is 1.04 bits per heavy atom. The van der Waals surface area contributed by atoms with Gasteiger partial charge in [-0.05, 0) is 36.6 Å². The third kappa shape index (κ3) is 4.91. The molecule has 0 fully saturated rings. The highest BCUT2D eigenvalue weighted by Gasteiger charge is 2.10. The number of aryl methyl sites for hydroxylation is 2. The van der Waals surface area contributed by atoms with Gasteiger partial charge in [0.2, 0.25) is 5.91 Å². The first kappa shape index (κ1) is 19.5. The first-order chi connectivity index (χ1) is 13.6. The van der Waals surface area contributed by atoms with Crippen LogP contribution < -0.4 is 14.8 Å². The second kappa shape index (κ2) is 9.08. The van der Waals surface area contributed by atoms with Gasteiger partial charge in [0.1, 0.15) is 5.82 Å². The Balaban J connectivity index is 1.59. The van der Waals surface area contributed by atoms with E-state index in [1.807, 2.05) is 30.3 Å². The summed E-state index contributed by atoms with van der Waals surface area (Å²) in [5, 5.41) is 7.28. The highest BCUT2D eigenvalue weighted by atomic mass is 16.5. The molecule has 1 N–H and O–H groups in total. The molecule has 0 saturated carbocycles. The third-order valence-electron chi connectivity index (χ3n) is 4.49. The monoisotopic (exact) mass is 379 g/mol. The number of hydrogen-bond acceptors (Lipinski definition) is 4. The van der Waals surface area contributed by atoms with Crippen molar-refractivity contribution in [2.75, 3.05) is 19.5 Å². The van der Waals surface area contributed by atoms with Gasteiger partial charge in [0, 0.05) is 12.5 Å². The average molecular weight is 379 g/mol. The van der Waals surface area contributed by atoms with Gasteiger partial charge in [-0.3, -0.25) is 4.79 Å². The molecule has 1 heterocycles. The fraction of sp³-hybridized carbons (Fsp3) is 0.273. The minimum atomic E-state index is -0.0548. The molecule has 0 unspecified atom stereocenters. The SMILES string of the molecule is COc1ccc(CCC(=O)Nc2ccnn2Cc2cccc(C)c2)cc1OC. The van der Waals surface area contributed by atoms with Gasteiger partial charge >= 0.3 is 0 Å². The van der Waals surface area contributed by atoms with Crippen LogP contribution in [0.4, 0.5) is 5.82 Å². The Hall–Kier alpha value is -3.28. The summed E-state index contributed by atoms with van der Waals surface area (Å²) in [6, 6.07) is 15.7. The highest BCUT2D eigenvalue weighted by Crippen LogP contribution is 2.28. The van der Waals surface area contributed by atoms with E-state index in [9.17, 15) is 4.79 Å². The molecule has 6 nitrogen and oxygen atoms in total. The largest absolute Gasteiger partial charge is 0.493 e. The van der Waals surface area contributed by atoms with Crippen molar-refractivity contribution in [3.05, 3.63) is 71.4 Å². The standard InChI is InChI=1S/C22H25N3O3/c1-16-5-4-6-18(13-16)15-25-21(11-12-23-25)24-22(26)10-8-17-7-9-19(27-2)20(14-17)28-3/h4-7,9,11-14H,8,10,15H2,1-3H3,(H,24,26). The molecule has 0 aliphatic rings. The topological polar surface area (TPSA) is 65.4 Å². The van der Waals surface area contributed by atoms with E-state index in [1.165, 1.54) is 5.56 Å². The number of amides is 1. The van der Waals surface area contributed by atoms with Gasteiger partial charge in [-0.25, -0.2) is 4.68 Å². The number of nitrogens with zero attached hydrogens (tertiary/aromatic N) is 2. The number of aromatic nitrogens is 2. The zero-order valence-corrected chi connectivity index (χ0v) is 16.4. The molecule has 1 amide bonds. The van der Waals surface area contributed by atoms with Crippen molar-refractivity contribution >= 4 is 11.7 Å². The quantitative estimate of drug-likeness (QED) is 0.646. The summed E-state index contributed by atoms with van der Waals surface area (Å²) in [5.74, 6) is 1.98. The molecule has 146 valence electrons. The van der Waals surface area contributed by atoms with Crippen molar-refractivity contribution in [2.45, 2.75) is 26.3 Å². The van der Waals surface area contributed by atoms with Crippen LogP contribution in [0.15, 0.2) is 54.7 Å². The number of nitrogens with one attached hydrogen (secondary N) is 1. The summed E-state index contributed by atoms with van der Waals surface area (Å²) in [4.78, 5) is 12.4. The van der Waals surface area contributed by atoms with Crippen LogP contribution in [-0.4, -0.2) is 29.9 Å². The Morgan fingerprint density at radius 3 is 2.61 bits per heavy atom. The van der Waals surface area contributed by atoms with E-state index in [2.05, 4.69) is 35.5 Å². The zero-order valence-electron chi connectivity index (χ0n) is 16.4. The lowest BCUT2D eigenvalue weighted by Gasteiger charge is -2.11. The molecule has 0 atom stereocenters. The second-order valence-electron chi connectivity index (χ2n) is 6.60. The molecule has 0 aliphatic heterocycles. The van der Waals surface area contributed by atoms with Crippen LogP contribution in [0.2, 0.25) is 0 Å². The second-order valence-corrected chi connectivity index (χ2v) is 6.60. The van der Waals surface area contributed by atoms with Crippen LogP contribution >= 0.6 is 0 Å². The highest BCUT2D eigenvalue weighted by molar-refractivity contribution is 5.90. The number of benzene rings is 2. The van der Waals surface area contributed by atoms with Crippen molar-refractivity contribution in [1.82, 2.24) is 9.78 Å². The minimum absolute atomic E-state index is 0.0548. The molecule has 6 heteroatoms. The Labute approximate surface area is 165 Å². The first-order valence-corrected chi connectivity index (χ1v) is 9.17. The zero-order chi connectivity index (χ0) is 19.9. The number of carbonyl (C=O) groups is 1. The number of hydrogen-bond donors (Lipinski definition) is 1. The Kier molecular flexibility index (Phi) is 6.32. The van der Waals surface area contributed by atoms with Crippen molar-refractivity contribution in [2.24, 2.45) is 0 Å². The molecule has 0 saturated heterocycles. The maximum Gasteiger partial charge on any atom is 0.225 e. The maximum absolute atomic E-state index is 12.4. The minimum Gasteiger partial charge on any atom is -0.493 e. The lowest BCUT2D eigenvalue weighted by atomic mass is 10.1. The van der Waals surface area contributed by atoms with Gasteiger partial charge in [0.05, 0.1) is 27.0 Å². The molecule has 0 aliphatic carbocycles. The van der Waals surface area contributed by atoms with Crippen molar-refractivity contribution < 1.29 is 14.3 Å². The van der Waals surface area contributed by atoms with Crippen LogP contribution in [0.1, 0.15) is 23.1 Å². The fourth-order valence-corrected chi connectivity index (χ4v) is 3.05. The molecule has 0 bridgehead atoms. The smallest absolute Gasteiger partial charge is 0.225 e. The van der Waals surface area contributed by atoms with E-state index in [0.717, 1.165) is 11.1 Å². The number of ether oxygens (including phenoxy) is 2. The van der Waals surface area contributed by atoms with Crippen LogP contribution in [0, 0.1) is 6.92 Å². The molecular weight excluding hydrogens is 354 g/mol. The van der Waals surface area contributed by atoms with Crippen LogP contribution in [-0.2, 0) is 17.8 Å². The predicted molar refractivity (Wildman–Crippen MR) is 109 cm³/mol. The van der Waals surface area contributed by atoms with Crippen molar-refractivity contribution in [3.63, 3.8) is 0 Å². The fourth-order valence-electron chi connectivity index (χ4n) is 3.05. The summed E-state index contributed by atoms with van der Waals surface area (Å²) in [6.45, 7) is 2.67. The van der Waals surface area contributed by atoms with Gasteiger partial charge < -0.3 is 14.8 Å². The van der Waals surface area contributed by atoms with Gasteiger partial charge in [0.25, 0.3) is 0 Å². The average Bonchev–Trinajstić information content (AvgIpc) is 3.12. The molecule has 1 aromatic heterocycles. The van der Waals surface area contributed by atoms with E-state index in [0.29, 0.717) is 36.7 Å². The summed E-state index contributed by atoms with van der Waals surface area (Å²) in [5.41, 5.74) is 3.36. The normalized spacial score (nSPS) is 10.5. The maximum atomic E-state index is 12.4. The van der Waals surface area contributed by atoms with Crippen LogP contribution in [0.5, 0.6) is 11.5 Å². The summed E-state index contributed by atoms with van der Waals surface area (Å²) < 4.78 is 12.3. The van der Waals surface area contributed by atoms with E-state index >= 15 is 0 Å². The van der Waals surface area contributed by atoms with E-state index < -0.39 is 0 Å². The summed E-state index contributed by atoms with van der Waals surface area (Å²) in [6.07, 6.45) is 2.67. The molecular formula is C22H25N3O3. The number of anilines is 1. The van der Waals surface area contributed by atoms with Crippen molar-refractivity contribution in [1.29, 1.82) is 0 Å². The van der Waals surface area contributed by atoms with Gasteiger partial charge in [-0.2, -0.15) is 5.10 Å². The lowest BCUT2D eigenvalue weighted by Crippen LogP contribution is -2.16. The molecule has 0 spiro atoms. The number of carbonyl (C=O) groups excluding carboxylic acids is 1. The summed E-state index contributed by atoms with van der Waals surface area (Å²) in [7, 11) is 3.20. The number of rotatable bonds is 8. The van der Waals surface area contributed by atoms with E-state index in [1.54, 1.807) is 25.1 Å². The molecule has 3 aromatic rings. The molecule has 3 rings (SSSR count). The van der Waals surface area contributed by atoms with Gasteiger partial charge in [-0.15, -0.1) is 0 Å². The van der Waals surface area contributed by atoms with E-state index in [-0.39, 0.29) is 5.91 Å². The third-order valence-corrected chi connectivity index (χ3v) is 4.49. The van der Waals surface area contributed by atoms with Crippen LogP contribution in [0.3, 0.4) is 0 Å². The number of methoxy groups -OCH3 is 2. The Morgan fingerprint density at radius 2 is 1.86 bits per heavy atom. The van der Waals surface area contributed by atoms with Gasteiger partial charge in [-0.1, -0.05) is 35.9 Å². The Bertz CT molecular complexity index is 950. The molecule has 0 radical (unpaired) electrons. The van der Waals surface area contributed by atoms with Crippen molar-refractivity contribution in [3.8, 4) is 11.5 Å². The molecule has 2 aromatic carbocycles. The van der Waals surface area contributed by atoms with E-state index in [4.69, 9.17) is 9.47 Å². The lowest BCUT2D eigenvalue weighted by molar-refractivity contribution is -0.116. The van der Waals surface area contributed by atoms with Crippen LogP contribution in [0.25, 0.3) is 0 Å². The predicted octanol–water partition coefficient (Wildman–Crippen LogP) is 3.83.